The maximum Gasteiger partial charge on any atom is 0.289 e. The van der Waals surface area contributed by atoms with Gasteiger partial charge < -0.3 is 34.7 Å². The zero-order valence-corrected chi connectivity index (χ0v) is 17.7. The number of hydrogen-bond acceptors (Lipinski definition) is 8. The number of pyridine rings is 1. The van der Waals surface area contributed by atoms with Crippen LogP contribution in [0.15, 0.2) is 35.6 Å². The Hall–Kier alpha value is -3.28. The second-order valence-electron chi connectivity index (χ2n) is 8.63. The number of H-pyrrole nitrogens is 1. The predicted octanol–water partition coefficient (Wildman–Crippen LogP) is 2.65. The van der Waals surface area contributed by atoms with Crippen molar-refractivity contribution in [2.24, 2.45) is 10.4 Å². The third kappa shape index (κ3) is 3.88. The van der Waals surface area contributed by atoms with Crippen LogP contribution in [-0.2, 0) is 15.1 Å². The topological polar surface area (TPSA) is 121 Å². The lowest BCUT2D eigenvalue weighted by Gasteiger charge is -2.36. The van der Waals surface area contributed by atoms with E-state index in [0.29, 0.717) is 23.1 Å². The smallest absolute Gasteiger partial charge is 0.289 e. The van der Waals surface area contributed by atoms with Gasteiger partial charge >= 0.3 is 0 Å². The number of benzene rings is 1. The van der Waals surface area contributed by atoms with Crippen LogP contribution < -0.4 is 10.1 Å². The second kappa shape index (κ2) is 7.94. The van der Waals surface area contributed by atoms with Gasteiger partial charge in [0, 0.05) is 41.2 Å². The number of aliphatic imine (C=N–C) groups is 1. The molecule has 2 aliphatic heterocycles. The minimum Gasteiger partial charge on any atom is -0.464 e. The van der Waals surface area contributed by atoms with E-state index in [1.165, 1.54) is 12.3 Å². The summed E-state index contributed by atoms with van der Waals surface area (Å²) in [7, 11) is 0. The van der Waals surface area contributed by atoms with Crippen molar-refractivity contribution in [2.45, 2.75) is 12.5 Å². The molecule has 1 atom stereocenters. The van der Waals surface area contributed by atoms with Crippen LogP contribution in [0.1, 0.15) is 12.5 Å². The van der Waals surface area contributed by atoms with Gasteiger partial charge in [0.1, 0.15) is 23.6 Å². The summed E-state index contributed by atoms with van der Waals surface area (Å²) in [4.78, 5) is 11.3. The van der Waals surface area contributed by atoms with Gasteiger partial charge in [-0.1, -0.05) is 6.92 Å². The van der Waals surface area contributed by atoms with E-state index in [1.807, 2.05) is 6.92 Å². The molecule has 1 saturated heterocycles. The van der Waals surface area contributed by atoms with E-state index < -0.39 is 28.4 Å². The summed E-state index contributed by atoms with van der Waals surface area (Å²) in [5.41, 5.74) is -0.744. The number of aromatic nitrogens is 2. The van der Waals surface area contributed by atoms with Crippen LogP contribution >= 0.6 is 0 Å². The van der Waals surface area contributed by atoms with E-state index in [1.54, 1.807) is 6.20 Å². The standard InChI is InChI=1S/C22H22F2N4O5/c1-21(8-29)7-27-20(32-9-21)28-12-4-14(23)18(15(24)5-12)33-16-2-3-25-19-17(16)13(6-26-19)22(30)10-31-11-22/h2-6,29-30H,7-11H2,1H3,(H,25,26)(H,27,28). The molecule has 4 N–H and O–H groups in total. The van der Waals surface area contributed by atoms with Gasteiger partial charge in [0.15, 0.2) is 17.4 Å². The van der Waals surface area contributed by atoms with Crippen LogP contribution in [0, 0.1) is 17.0 Å². The molecule has 1 unspecified atom stereocenters. The van der Waals surface area contributed by atoms with Gasteiger partial charge in [0.25, 0.3) is 6.02 Å². The molecule has 9 nitrogen and oxygen atoms in total. The monoisotopic (exact) mass is 460 g/mol. The van der Waals surface area contributed by atoms with Crippen LogP contribution in [-0.4, -0.2) is 59.2 Å². The van der Waals surface area contributed by atoms with Crippen LogP contribution in [0.3, 0.4) is 0 Å². The fourth-order valence-electron chi connectivity index (χ4n) is 3.66. The van der Waals surface area contributed by atoms with Crippen molar-refractivity contribution < 1.29 is 33.2 Å². The lowest BCUT2D eigenvalue weighted by Crippen LogP contribution is -2.46. The van der Waals surface area contributed by atoms with E-state index in [9.17, 15) is 19.0 Å². The first kappa shape index (κ1) is 21.6. The highest BCUT2D eigenvalue weighted by Gasteiger charge is 2.41. The normalized spacial score (nSPS) is 21.8. The Kier molecular flexibility index (Phi) is 5.19. The minimum atomic E-state index is -1.23. The number of nitrogens with zero attached hydrogens (tertiary/aromatic N) is 2. The SMILES string of the molecule is CC1(CO)CN=C(Nc2cc(F)c(Oc3ccnc4[nH]cc(C5(O)COC5)c34)c(F)c2)OC1. The first-order valence-electron chi connectivity index (χ1n) is 10.3. The number of ether oxygens (including phenoxy) is 3. The van der Waals surface area contributed by atoms with E-state index in [-0.39, 0.29) is 43.9 Å². The first-order chi connectivity index (χ1) is 15.8. The van der Waals surface area contributed by atoms with Crippen molar-refractivity contribution in [3.05, 3.63) is 47.8 Å². The number of hydrogen-bond donors (Lipinski definition) is 4. The van der Waals surface area contributed by atoms with Crippen molar-refractivity contribution in [3.8, 4) is 11.5 Å². The third-order valence-corrected chi connectivity index (χ3v) is 5.72. The molecule has 1 aromatic carbocycles. The molecule has 33 heavy (non-hydrogen) atoms. The van der Waals surface area contributed by atoms with Crippen LogP contribution in [0.25, 0.3) is 11.0 Å². The summed E-state index contributed by atoms with van der Waals surface area (Å²) in [6, 6.07) is 3.70. The molecule has 0 bridgehead atoms. The van der Waals surface area contributed by atoms with Crippen molar-refractivity contribution in [1.29, 1.82) is 0 Å². The fourth-order valence-corrected chi connectivity index (χ4v) is 3.66. The van der Waals surface area contributed by atoms with E-state index in [2.05, 4.69) is 20.3 Å². The lowest BCUT2D eigenvalue weighted by atomic mass is 9.92. The van der Waals surface area contributed by atoms with Crippen LogP contribution in [0.4, 0.5) is 14.5 Å². The molecular weight excluding hydrogens is 438 g/mol. The Balaban J connectivity index is 1.41. The maximum absolute atomic E-state index is 14.9. The Morgan fingerprint density at radius 2 is 2.00 bits per heavy atom. The Morgan fingerprint density at radius 1 is 1.24 bits per heavy atom. The van der Waals surface area contributed by atoms with Gasteiger partial charge in [0.05, 0.1) is 31.8 Å². The molecule has 11 heteroatoms. The molecule has 0 saturated carbocycles. The molecule has 3 aromatic rings. The summed E-state index contributed by atoms with van der Waals surface area (Å²) in [6.45, 7) is 2.46. The molecule has 5 rings (SSSR count). The quantitative estimate of drug-likeness (QED) is 0.462. The number of anilines is 1. The summed E-state index contributed by atoms with van der Waals surface area (Å²) in [6.07, 6.45) is 3.02. The number of aliphatic hydroxyl groups excluding tert-OH is 1. The maximum atomic E-state index is 14.9. The number of fused-ring (bicyclic) bond motifs is 1. The van der Waals surface area contributed by atoms with Crippen LogP contribution in [0.5, 0.6) is 11.5 Å². The van der Waals surface area contributed by atoms with Crippen LogP contribution in [0.2, 0.25) is 0 Å². The Morgan fingerprint density at radius 3 is 2.61 bits per heavy atom. The van der Waals surface area contributed by atoms with Crippen molar-refractivity contribution in [2.75, 3.05) is 38.3 Å². The molecule has 0 radical (unpaired) electrons. The van der Waals surface area contributed by atoms with Crippen molar-refractivity contribution in [1.82, 2.24) is 9.97 Å². The van der Waals surface area contributed by atoms with Gasteiger partial charge in [-0.15, -0.1) is 0 Å². The van der Waals surface area contributed by atoms with E-state index in [0.717, 1.165) is 12.1 Å². The van der Waals surface area contributed by atoms with Gasteiger partial charge in [0.2, 0.25) is 0 Å². The summed E-state index contributed by atoms with van der Waals surface area (Å²) in [5.74, 6) is -2.35. The van der Waals surface area contributed by atoms with Gasteiger partial charge in [-0.25, -0.2) is 18.8 Å². The van der Waals surface area contributed by atoms with E-state index >= 15 is 0 Å². The van der Waals surface area contributed by atoms with Crippen molar-refractivity contribution >= 4 is 22.7 Å². The van der Waals surface area contributed by atoms with Gasteiger partial charge in [-0.3, -0.25) is 0 Å². The molecule has 1 fully saturated rings. The number of nitrogens with one attached hydrogen (secondary N) is 2. The molecule has 2 aliphatic rings. The fraction of sp³-hybridized carbons (Fsp3) is 0.364. The number of aromatic amines is 1. The summed E-state index contributed by atoms with van der Waals surface area (Å²) < 4.78 is 45.9. The molecule has 0 aliphatic carbocycles. The van der Waals surface area contributed by atoms with Gasteiger partial charge in [-0.2, -0.15) is 0 Å². The molecule has 0 amide bonds. The largest absolute Gasteiger partial charge is 0.464 e. The highest BCUT2D eigenvalue weighted by molar-refractivity contribution is 5.90. The zero-order chi connectivity index (χ0) is 23.2. The number of aliphatic hydroxyl groups is 2. The molecule has 0 spiro atoms. The first-order valence-corrected chi connectivity index (χ1v) is 10.3. The summed E-state index contributed by atoms with van der Waals surface area (Å²) >= 11 is 0. The van der Waals surface area contributed by atoms with Gasteiger partial charge in [-0.05, 0) is 6.07 Å². The molecule has 4 heterocycles. The zero-order valence-electron chi connectivity index (χ0n) is 17.7. The summed E-state index contributed by atoms with van der Waals surface area (Å²) in [5, 5.41) is 23.2. The third-order valence-electron chi connectivity index (χ3n) is 5.72. The molecule has 174 valence electrons. The Labute approximate surface area is 187 Å². The lowest BCUT2D eigenvalue weighted by molar-refractivity contribution is -0.183. The number of rotatable bonds is 5. The number of amidine groups is 1. The molecule has 2 aromatic heterocycles. The predicted molar refractivity (Wildman–Crippen MR) is 114 cm³/mol. The second-order valence-corrected chi connectivity index (χ2v) is 8.63. The van der Waals surface area contributed by atoms with E-state index in [4.69, 9.17) is 14.2 Å². The van der Waals surface area contributed by atoms with Crippen molar-refractivity contribution in [3.63, 3.8) is 0 Å². The average molecular weight is 460 g/mol. The Bertz CT molecular complexity index is 1220. The average Bonchev–Trinajstić information content (AvgIpc) is 3.22. The highest BCUT2D eigenvalue weighted by atomic mass is 19.1. The minimum absolute atomic E-state index is 0.0887. The number of halogens is 2. The highest BCUT2D eigenvalue weighted by Crippen LogP contribution is 2.40. The molecular formula is C22H22F2N4O5.